The number of rotatable bonds is 11. The van der Waals surface area contributed by atoms with Crippen LogP contribution in [0.2, 0.25) is 0 Å². The maximum Gasteiger partial charge on any atom is 0.243 e. The predicted molar refractivity (Wildman–Crippen MR) is 84.1 cm³/mol. The highest BCUT2D eigenvalue weighted by atomic mass is 16.1. The first-order valence-corrected chi connectivity index (χ1v) is 7.77. The number of unbranched alkanes of at least 4 members (excludes halogenated alkanes) is 5. The van der Waals surface area contributed by atoms with E-state index >= 15 is 0 Å². The maximum atomic E-state index is 11.4. The fourth-order valence-electron chi connectivity index (χ4n) is 1.73. The molecule has 0 saturated heterocycles. The Balaban J connectivity index is 3.46. The lowest BCUT2D eigenvalue weighted by molar-refractivity contribution is -0.116. The Kier molecular flexibility index (Phi) is 12.6. The average Bonchev–Trinajstić information content (AvgIpc) is 2.36. The zero-order valence-electron chi connectivity index (χ0n) is 13.0. The molecule has 0 saturated carbocycles. The van der Waals surface area contributed by atoms with Crippen LogP contribution in [-0.4, -0.2) is 12.5 Å². The number of allylic oxidation sites excluding steroid dienone is 3. The van der Waals surface area contributed by atoms with Gasteiger partial charge in [-0.25, -0.2) is 0 Å². The molecule has 0 spiro atoms. The van der Waals surface area contributed by atoms with Crippen molar-refractivity contribution in [2.24, 2.45) is 5.92 Å². The van der Waals surface area contributed by atoms with Crippen molar-refractivity contribution in [1.82, 2.24) is 5.32 Å². The zero-order valence-corrected chi connectivity index (χ0v) is 13.0. The Morgan fingerprint density at radius 1 is 1.11 bits per heavy atom. The summed E-state index contributed by atoms with van der Waals surface area (Å²) in [5.74, 6) is 0.644. The molecule has 0 unspecified atom stereocenters. The van der Waals surface area contributed by atoms with E-state index in [1.165, 1.54) is 32.1 Å². The first-order valence-electron chi connectivity index (χ1n) is 7.77. The second kappa shape index (κ2) is 13.4. The van der Waals surface area contributed by atoms with Crippen molar-refractivity contribution in [2.45, 2.75) is 65.7 Å². The molecule has 0 bridgehead atoms. The molecule has 0 aromatic carbocycles. The molecule has 19 heavy (non-hydrogen) atoms. The van der Waals surface area contributed by atoms with Crippen molar-refractivity contribution in [3.63, 3.8) is 0 Å². The molecule has 0 radical (unpaired) electrons. The van der Waals surface area contributed by atoms with Gasteiger partial charge in [0.05, 0.1) is 0 Å². The molecular weight excluding hydrogens is 234 g/mol. The van der Waals surface area contributed by atoms with Crippen LogP contribution >= 0.6 is 0 Å². The van der Waals surface area contributed by atoms with E-state index in [-0.39, 0.29) is 5.91 Å². The van der Waals surface area contributed by atoms with Gasteiger partial charge in [0, 0.05) is 12.6 Å². The fourth-order valence-corrected chi connectivity index (χ4v) is 1.73. The highest BCUT2D eigenvalue weighted by Gasteiger charge is 1.95. The van der Waals surface area contributed by atoms with Gasteiger partial charge in [-0.2, -0.15) is 0 Å². The van der Waals surface area contributed by atoms with Crippen LogP contribution < -0.4 is 5.32 Å². The van der Waals surface area contributed by atoms with Crippen LogP contribution in [0.15, 0.2) is 24.3 Å². The number of nitrogens with one attached hydrogen (secondary N) is 1. The molecule has 0 aliphatic carbocycles. The first-order chi connectivity index (χ1) is 9.16. The highest BCUT2D eigenvalue weighted by Crippen LogP contribution is 2.05. The Morgan fingerprint density at radius 2 is 1.84 bits per heavy atom. The van der Waals surface area contributed by atoms with Crippen LogP contribution in [0.1, 0.15) is 65.7 Å². The summed E-state index contributed by atoms with van der Waals surface area (Å²) in [4.78, 5) is 11.4. The maximum absolute atomic E-state index is 11.4. The monoisotopic (exact) mass is 265 g/mol. The quantitative estimate of drug-likeness (QED) is 0.329. The third kappa shape index (κ3) is 14.9. The Morgan fingerprint density at radius 3 is 2.53 bits per heavy atom. The van der Waals surface area contributed by atoms with Gasteiger partial charge < -0.3 is 5.32 Å². The van der Waals surface area contributed by atoms with Gasteiger partial charge in [-0.1, -0.05) is 64.7 Å². The van der Waals surface area contributed by atoms with Gasteiger partial charge in [-0.3, -0.25) is 4.79 Å². The molecule has 1 amide bonds. The van der Waals surface area contributed by atoms with E-state index in [1.54, 1.807) is 6.08 Å². The Bertz CT molecular complexity index is 266. The van der Waals surface area contributed by atoms with Gasteiger partial charge in [-0.05, 0) is 25.2 Å². The second-order valence-corrected chi connectivity index (χ2v) is 5.46. The number of hydrogen-bond donors (Lipinski definition) is 1. The number of amides is 1. The van der Waals surface area contributed by atoms with Gasteiger partial charge >= 0.3 is 0 Å². The predicted octanol–water partition coefficient (Wildman–Crippen LogP) is 4.62. The van der Waals surface area contributed by atoms with Crippen LogP contribution in [0.5, 0.6) is 0 Å². The van der Waals surface area contributed by atoms with Crippen LogP contribution in [0, 0.1) is 5.92 Å². The highest BCUT2D eigenvalue weighted by molar-refractivity contribution is 5.87. The lowest BCUT2D eigenvalue weighted by Gasteiger charge is -2.04. The molecule has 0 rings (SSSR count). The largest absolute Gasteiger partial charge is 0.353 e. The van der Waals surface area contributed by atoms with Crippen LogP contribution in [0.4, 0.5) is 0 Å². The van der Waals surface area contributed by atoms with Crippen LogP contribution in [0.3, 0.4) is 0 Å². The standard InChI is InChI=1S/C17H31NO/c1-4-5-6-7-8-9-10-11-12-13-17(19)18-15-14-16(2)3/h10-13,16H,4-9,14-15H2,1-3H3,(H,18,19)/b11-10+,13-12+. The van der Waals surface area contributed by atoms with E-state index in [4.69, 9.17) is 0 Å². The zero-order chi connectivity index (χ0) is 14.3. The fraction of sp³-hybridized carbons (Fsp3) is 0.706. The summed E-state index contributed by atoms with van der Waals surface area (Å²) < 4.78 is 0. The number of hydrogen-bond acceptors (Lipinski definition) is 1. The minimum Gasteiger partial charge on any atom is -0.353 e. The van der Waals surface area contributed by atoms with Crippen LogP contribution in [0.25, 0.3) is 0 Å². The summed E-state index contributed by atoms with van der Waals surface area (Å²) in [6.07, 6.45) is 16.3. The summed E-state index contributed by atoms with van der Waals surface area (Å²) in [5, 5.41) is 2.88. The molecule has 0 aliphatic rings. The minimum atomic E-state index is 0.00763. The lowest BCUT2D eigenvalue weighted by Crippen LogP contribution is -2.23. The van der Waals surface area contributed by atoms with E-state index < -0.39 is 0 Å². The summed E-state index contributed by atoms with van der Waals surface area (Å²) in [5.41, 5.74) is 0. The molecule has 110 valence electrons. The van der Waals surface area contributed by atoms with E-state index in [0.717, 1.165) is 19.4 Å². The summed E-state index contributed by atoms with van der Waals surface area (Å²) in [7, 11) is 0. The summed E-state index contributed by atoms with van der Waals surface area (Å²) in [6, 6.07) is 0. The van der Waals surface area contributed by atoms with E-state index in [1.807, 2.05) is 12.2 Å². The molecule has 0 heterocycles. The molecule has 0 fully saturated rings. The van der Waals surface area contributed by atoms with Gasteiger partial charge in [0.1, 0.15) is 0 Å². The van der Waals surface area contributed by atoms with Crippen molar-refractivity contribution in [3.05, 3.63) is 24.3 Å². The van der Waals surface area contributed by atoms with E-state index in [9.17, 15) is 4.79 Å². The van der Waals surface area contributed by atoms with Gasteiger partial charge in [0.2, 0.25) is 5.91 Å². The normalized spacial score (nSPS) is 11.8. The molecule has 0 aliphatic heterocycles. The van der Waals surface area contributed by atoms with Crippen molar-refractivity contribution >= 4 is 5.91 Å². The number of carbonyl (C=O) groups excluding carboxylic acids is 1. The molecule has 0 atom stereocenters. The smallest absolute Gasteiger partial charge is 0.243 e. The second-order valence-electron chi connectivity index (χ2n) is 5.46. The minimum absolute atomic E-state index is 0.00763. The Hall–Kier alpha value is -1.05. The summed E-state index contributed by atoms with van der Waals surface area (Å²) in [6.45, 7) is 7.31. The molecule has 2 nitrogen and oxygen atoms in total. The lowest BCUT2D eigenvalue weighted by atomic mass is 10.1. The van der Waals surface area contributed by atoms with Crippen LogP contribution in [-0.2, 0) is 4.79 Å². The van der Waals surface area contributed by atoms with E-state index in [0.29, 0.717) is 5.92 Å². The molecule has 0 aromatic rings. The SMILES string of the molecule is CCCCCCC/C=C/C=C/C(=O)NCCC(C)C. The average molecular weight is 265 g/mol. The van der Waals surface area contributed by atoms with Crippen molar-refractivity contribution in [2.75, 3.05) is 6.54 Å². The summed E-state index contributed by atoms with van der Waals surface area (Å²) >= 11 is 0. The molecule has 0 aromatic heterocycles. The molecule has 1 N–H and O–H groups in total. The number of carbonyl (C=O) groups is 1. The third-order valence-corrected chi connectivity index (χ3v) is 2.99. The van der Waals surface area contributed by atoms with Gasteiger partial charge in [0.15, 0.2) is 0 Å². The van der Waals surface area contributed by atoms with Crippen molar-refractivity contribution in [3.8, 4) is 0 Å². The Labute approximate surface area is 119 Å². The molecular formula is C17H31NO. The first kappa shape index (κ1) is 17.9. The van der Waals surface area contributed by atoms with Gasteiger partial charge in [-0.15, -0.1) is 0 Å². The van der Waals surface area contributed by atoms with E-state index in [2.05, 4.69) is 32.2 Å². The van der Waals surface area contributed by atoms with Crippen molar-refractivity contribution in [1.29, 1.82) is 0 Å². The topological polar surface area (TPSA) is 29.1 Å². The third-order valence-electron chi connectivity index (χ3n) is 2.99. The molecule has 2 heteroatoms. The van der Waals surface area contributed by atoms with Gasteiger partial charge in [0.25, 0.3) is 0 Å². The van der Waals surface area contributed by atoms with Crippen molar-refractivity contribution < 1.29 is 4.79 Å².